The zero-order chi connectivity index (χ0) is 88.4. The van der Waals surface area contributed by atoms with Crippen molar-refractivity contribution in [2.75, 3.05) is 67.4 Å². The number of halogens is 1. The SMILES string of the molecule is CCCCCCCCO[C@]1(C(=O)OC)C[C@@H]2OC(=O)N[C@H]2[C@H]([C@H](OC(C)=O)[C@@H](CO[C@]2(C(=O)OC)C[C@@H]3OC(=O)N[C@H]3[C@H]([C@H](OC(C)=O)[C@@H](CO[C@]3(C(=O)OC)C[C@@H]4OC(=O)N[C@H]4[C@H]([C@H](OC(C)=O)[C@@H](CO[C@]4(C(=O)OC)C[C@@H]5OC(=O)N[C@H]5[C@H]([C@H](OC(C)=O)[C@@H](COCc5ccccc5)OC(=O)CCl)O4)OC(C)=O)O3)OC(C)=O)O2)OC(C)=O)O1. The maximum Gasteiger partial charge on any atom is 0.407 e. The van der Waals surface area contributed by atoms with Crippen LogP contribution in [0, 0.1) is 0 Å². The van der Waals surface area contributed by atoms with Gasteiger partial charge in [-0.25, -0.2) is 38.4 Å². The fourth-order valence-corrected chi connectivity index (χ4v) is 15.5. The molecule has 4 amide bonds. The third kappa shape index (κ3) is 23.4. The number of rotatable bonds is 42. The number of hydrogen-bond donors (Lipinski definition) is 4. The van der Waals surface area contributed by atoms with E-state index < -0.39 is 299 Å². The number of carbonyl (C=O) groups excluding carboxylic acids is 16. The monoisotopic (exact) mass is 1750 g/mol. The van der Waals surface area contributed by atoms with Crippen molar-refractivity contribution < 1.29 is 195 Å². The van der Waals surface area contributed by atoms with E-state index in [2.05, 4.69) is 21.3 Å². The summed E-state index contributed by atoms with van der Waals surface area (Å²) in [6.07, 6.45) is -33.4. The molecule has 45 nitrogen and oxygen atoms in total. The van der Waals surface area contributed by atoms with Crippen LogP contribution in [0.3, 0.4) is 0 Å². The van der Waals surface area contributed by atoms with Gasteiger partial charge in [-0.1, -0.05) is 69.4 Å². The average Bonchev–Trinajstić information content (AvgIpc) is 1.70. The van der Waals surface area contributed by atoms with Gasteiger partial charge in [0.25, 0.3) is 23.1 Å². The second kappa shape index (κ2) is 42.1. The van der Waals surface area contributed by atoms with Gasteiger partial charge in [0.1, 0.15) is 54.7 Å². The molecule has 8 aliphatic rings. The van der Waals surface area contributed by atoms with Crippen molar-refractivity contribution >= 4 is 108 Å². The lowest BCUT2D eigenvalue weighted by Crippen LogP contribution is -2.68. The Labute approximate surface area is 695 Å². The number of nitrogens with one attached hydrogen (secondary N) is 4. The number of alkyl halides is 1. The summed E-state index contributed by atoms with van der Waals surface area (Å²) in [5.41, 5.74) is 0.638. The van der Waals surface area contributed by atoms with Crippen LogP contribution in [-0.4, -0.2) is 308 Å². The zero-order valence-electron chi connectivity index (χ0n) is 68.1. The lowest BCUT2D eigenvalue weighted by molar-refractivity contribution is -0.331. The standard InChI is InChI=1S/C75H99ClN4O41/c1-13-14-15-16-17-21-24-102-72(64(89)97-9)25-43-52(77-68(93)114-43)61(118-72)57(110-39(6)85)48(106-35(2)81)32-104-74(66(91)99-11)27-45-54(79-70(95)116-45)63(120-74)59(112-41(8)87)50(108-37(4)83)34-105-75(67(92)100-12)28-46-55(80-71(96)117-46)62(121-75)58(111-40(7)86)49(107-36(3)82)33-103-73(65(90)98-10)26-44-53(78-69(94)115-44)60(119-73)56(109-38(5)84)47(113-51(88)29-76)31-101-30-42-22-19-18-20-23-42/h18-20,22-23,43-50,52-63H,13-17,21,24-34H2,1-12H3,(H,77,93)(H,78,94)(H,79,95)(H,80,96)/t43-,44-,45-,46-,47+,48+,49+,50+,52+,53+,54+,55+,56+,57+,58+,59+,60+,61+,62+,63+,72+,73+,74+,75+/m0/s1. The molecular formula is C75H99ClN4O41. The molecule has 121 heavy (non-hydrogen) atoms. The Morgan fingerprint density at radius 1 is 0.388 bits per heavy atom. The van der Waals surface area contributed by atoms with Gasteiger partial charge >= 0.3 is 96.0 Å². The van der Waals surface area contributed by atoms with Gasteiger partial charge in [-0.05, 0) is 12.0 Å². The Morgan fingerprint density at radius 3 is 0.950 bits per heavy atom. The zero-order valence-corrected chi connectivity index (χ0v) is 68.8. The number of alkyl carbamates (subject to hydrolysis) is 4. The van der Waals surface area contributed by atoms with Crippen molar-refractivity contribution in [3.63, 3.8) is 0 Å². The first kappa shape index (κ1) is 94.7. The van der Waals surface area contributed by atoms with E-state index in [-0.39, 0.29) is 13.2 Å². The molecule has 24 atom stereocenters. The average molecular weight is 1750 g/mol. The molecule has 0 saturated carbocycles. The number of benzene rings is 1. The van der Waals surface area contributed by atoms with E-state index in [1.807, 2.05) is 6.92 Å². The van der Waals surface area contributed by atoms with Gasteiger partial charge in [-0.15, -0.1) is 11.6 Å². The van der Waals surface area contributed by atoms with Crippen LogP contribution < -0.4 is 21.3 Å². The molecule has 1 aromatic rings. The van der Waals surface area contributed by atoms with Crippen molar-refractivity contribution in [3.8, 4) is 0 Å². The molecule has 8 fully saturated rings. The van der Waals surface area contributed by atoms with Crippen molar-refractivity contribution in [1.82, 2.24) is 21.3 Å². The highest BCUT2D eigenvalue weighted by Gasteiger charge is 2.68. The first-order chi connectivity index (χ1) is 57.5. The highest BCUT2D eigenvalue weighted by Crippen LogP contribution is 2.46. The molecule has 672 valence electrons. The number of methoxy groups -OCH3 is 4. The van der Waals surface area contributed by atoms with Gasteiger partial charge in [0.15, 0.2) is 48.8 Å². The minimum Gasteiger partial charge on any atom is -0.465 e. The van der Waals surface area contributed by atoms with E-state index in [0.29, 0.717) is 18.4 Å². The quantitative estimate of drug-likeness (QED) is 0.0305. The number of unbranched alkanes of at least 4 members (excludes halogenated alkanes) is 5. The number of amides is 4. The molecule has 46 heteroatoms. The fourth-order valence-electron chi connectivity index (χ4n) is 15.5. The maximum absolute atomic E-state index is 14.9. The van der Waals surface area contributed by atoms with Gasteiger partial charge < -0.3 is 140 Å². The Hall–Kier alpha value is -10.1. The molecule has 4 N–H and O–H groups in total. The van der Waals surface area contributed by atoms with Crippen molar-refractivity contribution in [2.45, 2.75) is 271 Å². The number of ether oxygens (including phenoxy) is 25. The molecule has 9 rings (SSSR count). The van der Waals surface area contributed by atoms with E-state index in [9.17, 15) is 76.7 Å². The van der Waals surface area contributed by atoms with E-state index in [4.69, 9.17) is 130 Å². The predicted octanol–water partition coefficient (Wildman–Crippen LogP) is 0.843. The van der Waals surface area contributed by atoms with Gasteiger partial charge in [-0.2, -0.15) is 0 Å². The minimum atomic E-state index is -3.08. The number of carbonyl (C=O) groups is 16. The normalized spacial score (nSPS) is 29.9. The second-order valence-electron chi connectivity index (χ2n) is 29.0. The Bertz CT molecular complexity index is 3930. The maximum atomic E-state index is 14.9. The van der Waals surface area contributed by atoms with Crippen molar-refractivity contribution in [2.24, 2.45) is 0 Å². The number of fused-ring (bicyclic) bond motifs is 4. The first-order valence-corrected chi connectivity index (χ1v) is 39.1. The summed E-state index contributed by atoms with van der Waals surface area (Å²) >= 11 is 5.91. The van der Waals surface area contributed by atoms with E-state index >= 15 is 0 Å². The topological polar surface area (TPSA) is 552 Å². The Balaban J connectivity index is 1.06. The van der Waals surface area contributed by atoms with Gasteiger partial charge in [0.05, 0.1) is 118 Å². The Morgan fingerprint density at radius 2 is 0.669 bits per heavy atom. The van der Waals surface area contributed by atoms with Crippen LogP contribution in [0.5, 0.6) is 0 Å². The molecule has 8 saturated heterocycles. The van der Waals surface area contributed by atoms with Crippen LogP contribution in [-0.2, 0) is 183 Å². The summed E-state index contributed by atoms with van der Waals surface area (Å²) in [6.45, 7) is 3.86. The summed E-state index contributed by atoms with van der Waals surface area (Å²) in [6, 6.07) is 2.63. The second-order valence-corrected chi connectivity index (χ2v) is 29.3. The highest BCUT2D eigenvalue weighted by atomic mass is 35.5. The minimum absolute atomic E-state index is 0.110. The summed E-state index contributed by atoms with van der Waals surface area (Å²) < 4.78 is 147. The van der Waals surface area contributed by atoms with Crippen molar-refractivity contribution in [3.05, 3.63) is 35.9 Å². The lowest BCUT2D eigenvalue weighted by Gasteiger charge is -2.48. The lowest BCUT2D eigenvalue weighted by atomic mass is 9.88. The number of esters is 12. The molecular weight excluding hydrogens is 1650 g/mol. The third-order valence-corrected chi connectivity index (χ3v) is 20.6. The summed E-state index contributed by atoms with van der Waals surface area (Å²) in [5.74, 6) is -26.8. The Kier molecular flexibility index (Phi) is 33.0. The summed E-state index contributed by atoms with van der Waals surface area (Å²) in [7, 11) is 3.59. The molecule has 8 heterocycles. The van der Waals surface area contributed by atoms with E-state index in [0.717, 1.165) is 103 Å². The van der Waals surface area contributed by atoms with Gasteiger partial charge in [-0.3, -0.25) is 38.4 Å². The number of hydrogen-bond acceptors (Lipinski definition) is 41. The van der Waals surface area contributed by atoms with Crippen LogP contribution in [0.2, 0.25) is 0 Å². The smallest absolute Gasteiger partial charge is 0.407 e. The third-order valence-electron chi connectivity index (χ3n) is 20.3. The molecule has 0 unspecified atom stereocenters. The molecule has 0 aliphatic carbocycles. The largest absolute Gasteiger partial charge is 0.465 e. The molecule has 0 spiro atoms. The predicted molar refractivity (Wildman–Crippen MR) is 388 cm³/mol. The van der Waals surface area contributed by atoms with E-state index in [1.54, 1.807) is 30.3 Å². The molecule has 8 aliphatic heterocycles. The van der Waals surface area contributed by atoms with Crippen LogP contribution in [0.25, 0.3) is 0 Å². The fraction of sp³-hybridized carbons (Fsp3) is 0.707. The summed E-state index contributed by atoms with van der Waals surface area (Å²) in [5, 5.41) is 10.0. The molecule has 0 radical (unpaired) electrons. The van der Waals surface area contributed by atoms with Crippen LogP contribution in [0.1, 0.15) is 125 Å². The summed E-state index contributed by atoms with van der Waals surface area (Å²) in [4.78, 5) is 219. The van der Waals surface area contributed by atoms with Crippen molar-refractivity contribution in [1.29, 1.82) is 0 Å². The van der Waals surface area contributed by atoms with E-state index in [1.165, 1.54) is 0 Å². The van der Waals surface area contributed by atoms with Crippen LogP contribution in [0.15, 0.2) is 30.3 Å². The van der Waals surface area contributed by atoms with Gasteiger partial charge in [0, 0.05) is 48.5 Å². The van der Waals surface area contributed by atoms with Crippen LogP contribution in [0.4, 0.5) is 19.2 Å². The van der Waals surface area contributed by atoms with Gasteiger partial charge in [0.2, 0.25) is 0 Å². The molecule has 0 bridgehead atoms. The first-order valence-electron chi connectivity index (χ1n) is 38.6. The highest BCUT2D eigenvalue weighted by molar-refractivity contribution is 6.26. The molecule has 1 aromatic carbocycles. The molecule has 0 aromatic heterocycles. The van der Waals surface area contributed by atoms with Crippen LogP contribution >= 0.6 is 11.6 Å².